The van der Waals surface area contributed by atoms with Gasteiger partial charge in [0.25, 0.3) is 0 Å². The van der Waals surface area contributed by atoms with Crippen molar-refractivity contribution in [3.8, 4) is 18.1 Å². The molecule has 224 valence electrons. The molecule has 1 aliphatic rings. The maximum Gasteiger partial charge on any atom is 0.220 e. The Balaban J connectivity index is 2.30. The molecule has 1 saturated heterocycles. The van der Waals surface area contributed by atoms with Gasteiger partial charge in [0.2, 0.25) is 5.91 Å². The molecule has 1 aromatic rings. The van der Waals surface area contributed by atoms with Crippen molar-refractivity contribution in [2.75, 3.05) is 7.11 Å². The van der Waals surface area contributed by atoms with Crippen LogP contribution in [0.5, 0.6) is 5.75 Å². The number of Topliss-reactive ketones (excluding diaryl/α,β-unsaturated/α-hetero) is 1. The van der Waals surface area contributed by atoms with Crippen molar-refractivity contribution in [2.24, 2.45) is 35.3 Å². The van der Waals surface area contributed by atoms with Crippen molar-refractivity contribution in [3.63, 3.8) is 0 Å². The van der Waals surface area contributed by atoms with E-state index in [9.17, 15) is 9.59 Å². The van der Waals surface area contributed by atoms with Gasteiger partial charge in [-0.3, -0.25) is 9.59 Å². The third kappa shape index (κ3) is 9.61. The Kier molecular flexibility index (Phi) is 13.1. The van der Waals surface area contributed by atoms with Crippen LogP contribution in [0.15, 0.2) is 24.3 Å². The summed E-state index contributed by atoms with van der Waals surface area (Å²) in [5, 5.41) is 0. The molecule has 7 heteroatoms. The molecule has 1 amide bonds. The van der Waals surface area contributed by atoms with Crippen LogP contribution in [0.4, 0.5) is 0 Å². The fourth-order valence-electron chi connectivity index (χ4n) is 5.76. The molecule has 2 rings (SSSR count). The summed E-state index contributed by atoms with van der Waals surface area (Å²) in [6.45, 7) is 14.2. The molecule has 1 aromatic carbocycles. The number of ketones is 1. The summed E-state index contributed by atoms with van der Waals surface area (Å²) >= 11 is 0. The first kappa shape index (κ1) is 33.8. The number of ether oxygens (including phenoxy) is 4. The van der Waals surface area contributed by atoms with Gasteiger partial charge in [-0.1, -0.05) is 46.8 Å². The van der Waals surface area contributed by atoms with Crippen molar-refractivity contribution in [2.45, 2.75) is 111 Å². The van der Waals surface area contributed by atoms with Gasteiger partial charge in [0.1, 0.15) is 11.5 Å². The summed E-state index contributed by atoms with van der Waals surface area (Å²) in [6, 6.07) is 7.72. The van der Waals surface area contributed by atoms with Gasteiger partial charge >= 0.3 is 0 Å². The van der Waals surface area contributed by atoms with E-state index in [0.29, 0.717) is 32.3 Å². The fraction of sp³-hybridized carbons (Fsp3) is 0.697. The summed E-state index contributed by atoms with van der Waals surface area (Å²) < 4.78 is 24.6. The predicted octanol–water partition coefficient (Wildman–Crippen LogP) is 5.92. The lowest BCUT2D eigenvalue weighted by Gasteiger charge is -2.46. The number of carbonyl (C=O) groups excluding carboxylic acids is 2. The first-order chi connectivity index (χ1) is 18.8. The van der Waals surface area contributed by atoms with Crippen LogP contribution in [0.2, 0.25) is 0 Å². The number of amides is 1. The van der Waals surface area contributed by atoms with Gasteiger partial charge in [-0.15, -0.1) is 12.3 Å². The Morgan fingerprint density at radius 1 is 1.12 bits per heavy atom. The van der Waals surface area contributed by atoms with Crippen molar-refractivity contribution >= 4 is 11.7 Å². The highest BCUT2D eigenvalue weighted by atomic mass is 16.7. The van der Waals surface area contributed by atoms with Crippen molar-refractivity contribution in [1.82, 2.24) is 0 Å². The van der Waals surface area contributed by atoms with Gasteiger partial charge in [0, 0.05) is 36.5 Å². The number of rotatable bonds is 16. The summed E-state index contributed by atoms with van der Waals surface area (Å²) in [4.78, 5) is 25.6. The summed E-state index contributed by atoms with van der Waals surface area (Å²) in [5.41, 5.74) is 6.57. The lowest BCUT2D eigenvalue weighted by Crippen LogP contribution is -2.52. The number of hydrogen-bond donors (Lipinski definition) is 1. The van der Waals surface area contributed by atoms with Crippen LogP contribution in [-0.4, -0.2) is 42.9 Å². The van der Waals surface area contributed by atoms with Crippen LogP contribution in [0.1, 0.15) is 86.1 Å². The van der Waals surface area contributed by atoms with Gasteiger partial charge in [-0.25, -0.2) is 0 Å². The zero-order valence-corrected chi connectivity index (χ0v) is 25.8. The van der Waals surface area contributed by atoms with E-state index in [-0.39, 0.29) is 47.6 Å². The Morgan fingerprint density at radius 3 is 2.30 bits per heavy atom. The number of benzene rings is 1. The lowest BCUT2D eigenvalue weighted by molar-refractivity contribution is -0.319. The number of carbonyl (C=O) groups is 2. The molecule has 40 heavy (non-hydrogen) atoms. The quantitative estimate of drug-likeness (QED) is 0.254. The summed E-state index contributed by atoms with van der Waals surface area (Å²) in [5.74, 6) is 1.53. The maximum atomic E-state index is 13.7. The van der Waals surface area contributed by atoms with E-state index >= 15 is 0 Å². The topological polar surface area (TPSA) is 97.1 Å². The number of methoxy groups -OCH3 is 1. The van der Waals surface area contributed by atoms with Gasteiger partial charge in [-0.2, -0.15) is 0 Å². The Bertz CT molecular complexity index is 984. The molecule has 0 radical (unpaired) electrons. The minimum absolute atomic E-state index is 0.0161. The standard InChI is InChI=1S/C33H51NO6/c1-10-12-13-21(3)28-19-29(40-33(7,8)39-28)23(5)31(38-20-25-14-16-27(37-9)17-15-25)24(6)30(35)22(4)18-26(11-2)32(34)36/h1,14-17,21-24,26,28-29,31H,11-13,18-20H2,2-9H3,(H2,34,36)/t21-,22-,23-,24+,26-,28-,29-,31-/m0/s1. The zero-order valence-electron chi connectivity index (χ0n) is 25.8. The van der Waals surface area contributed by atoms with Crippen LogP contribution in [0, 0.1) is 41.9 Å². The monoisotopic (exact) mass is 557 g/mol. The van der Waals surface area contributed by atoms with Crippen molar-refractivity contribution in [1.29, 1.82) is 0 Å². The number of terminal acetylenes is 1. The number of primary amides is 1. The Labute approximate surface area is 241 Å². The average Bonchev–Trinajstić information content (AvgIpc) is 2.92. The summed E-state index contributed by atoms with van der Waals surface area (Å²) in [6.07, 6.45) is 8.22. The molecular weight excluding hydrogens is 506 g/mol. The number of nitrogens with two attached hydrogens (primary N) is 1. The molecule has 1 heterocycles. The molecule has 8 atom stereocenters. The highest BCUT2D eigenvalue weighted by Crippen LogP contribution is 2.38. The molecule has 0 aliphatic carbocycles. The van der Waals surface area contributed by atoms with Gasteiger partial charge in [0.05, 0.1) is 32.0 Å². The minimum atomic E-state index is -0.775. The number of hydrogen-bond acceptors (Lipinski definition) is 6. The van der Waals surface area contributed by atoms with E-state index in [1.165, 1.54) is 0 Å². The van der Waals surface area contributed by atoms with Crippen LogP contribution in [0.25, 0.3) is 0 Å². The van der Waals surface area contributed by atoms with Crippen molar-refractivity contribution in [3.05, 3.63) is 29.8 Å². The van der Waals surface area contributed by atoms with Gasteiger partial charge in [-0.05, 0) is 56.7 Å². The predicted molar refractivity (Wildman–Crippen MR) is 157 cm³/mol. The largest absolute Gasteiger partial charge is 0.497 e. The molecule has 0 bridgehead atoms. The zero-order chi connectivity index (χ0) is 30.0. The van der Waals surface area contributed by atoms with Crippen LogP contribution < -0.4 is 10.5 Å². The minimum Gasteiger partial charge on any atom is -0.497 e. The van der Waals surface area contributed by atoms with E-state index < -0.39 is 17.8 Å². The molecule has 0 aromatic heterocycles. The van der Waals surface area contributed by atoms with E-state index in [1.54, 1.807) is 7.11 Å². The van der Waals surface area contributed by atoms with E-state index in [0.717, 1.165) is 17.7 Å². The second kappa shape index (κ2) is 15.6. The molecule has 2 N–H and O–H groups in total. The smallest absolute Gasteiger partial charge is 0.220 e. The Morgan fingerprint density at radius 2 is 1.75 bits per heavy atom. The second-order valence-electron chi connectivity index (χ2n) is 12.0. The SMILES string of the molecule is C#CCC[C@H](C)[C@@H]1C[C@@H]([C@H](C)[C@H](OCc2ccc(OC)cc2)[C@H](C)C(=O)[C@@H](C)C[C@H](CC)C(N)=O)OC(C)(C)O1. The van der Waals surface area contributed by atoms with E-state index in [1.807, 2.05) is 58.9 Å². The molecule has 1 fully saturated rings. The average molecular weight is 558 g/mol. The van der Waals surface area contributed by atoms with E-state index in [2.05, 4.69) is 19.8 Å². The maximum absolute atomic E-state index is 13.7. The van der Waals surface area contributed by atoms with Crippen LogP contribution in [-0.2, 0) is 30.4 Å². The molecular formula is C33H51NO6. The fourth-order valence-corrected chi connectivity index (χ4v) is 5.76. The van der Waals surface area contributed by atoms with Crippen LogP contribution in [0.3, 0.4) is 0 Å². The normalized spacial score (nSPS) is 23.2. The third-order valence-corrected chi connectivity index (χ3v) is 8.38. The van der Waals surface area contributed by atoms with Gasteiger partial charge < -0.3 is 24.7 Å². The van der Waals surface area contributed by atoms with E-state index in [4.69, 9.17) is 31.1 Å². The lowest BCUT2D eigenvalue weighted by atomic mass is 9.78. The Hall–Kier alpha value is -2.40. The third-order valence-electron chi connectivity index (χ3n) is 8.38. The molecule has 0 saturated carbocycles. The highest BCUT2D eigenvalue weighted by molar-refractivity contribution is 5.84. The molecule has 0 spiro atoms. The summed E-state index contributed by atoms with van der Waals surface area (Å²) in [7, 11) is 1.63. The molecule has 7 nitrogen and oxygen atoms in total. The highest BCUT2D eigenvalue weighted by Gasteiger charge is 2.44. The van der Waals surface area contributed by atoms with Gasteiger partial charge in [0.15, 0.2) is 5.79 Å². The first-order valence-corrected chi connectivity index (χ1v) is 14.7. The molecule has 1 aliphatic heterocycles. The van der Waals surface area contributed by atoms with Crippen LogP contribution >= 0.6 is 0 Å². The molecule has 0 unspecified atom stereocenters. The second-order valence-corrected chi connectivity index (χ2v) is 12.0. The first-order valence-electron chi connectivity index (χ1n) is 14.7. The van der Waals surface area contributed by atoms with Crippen molar-refractivity contribution < 1.29 is 28.5 Å².